The van der Waals surface area contributed by atoms with Gasteiger partial charge in [-0.2, -0.15) is 0 Å². The molecule has 6 heteroatoms. The van der Waals surface area contributed by atoms with Gasteiger partial charge in [0.05, 0.1) is 12.4 Å². The summed E-state index contributed by atoms with van der Waals surface area (Å²) in [7, 11) is 0. The number of carbonyl (C=O) groups excluding carboxylic acids is 1. The molecule has 1 aliphatic heterocycles. The lowest BCUT2D eigenvalue weighted by Gasteiger charge is -2.25. The van der Waals surface area contributed by atoms with E-state index < -0.39 is 0 Å². The molecule has 0 bridgehead atoms. The zero-order valence-corrected chi connectivity index (χ0v) is 15.3. The number of amides is 1. The second kappa shape index (κ2) is 7.80. The van der Waals surface area contributed by atoms with Crippen LogP contribution in [0.3, 0.4) is 0 Å². The van der Waals surface area contributed by atoms with Crippen LogP contribution in [-0.2, 0) is 4.79 Å². The maximum atomic E-state index is 13.9. The Labute approximate surface area is 161 Å². The van der Waals surface area contributed by atoms with E-state index in [-0.39, 0.29) is 17.8 Å². The standard InChI is InChI=1S/C21H18FN3OS/c22-18-3-1-2-17-19(10-13-27-21(17)18)24-20(26)9-6-15-4-7-16(8-5-15)25-12-11-23-14-25/h1-9,11-12,14,19H,10,13H2,(H,24,26). The van der Waals surface area contributed by atoms with Crippen molar-refractivity contribution in [2.45, 2.75) is 17.4 Å². The minimum absolute atomic E-state index is 0.155. The summed E-state index contributed by atoms with van der Waals surface area (Å²) in [6.07, 6.45) is 9.43. The van der Waals surface area contributed by atoms with Crippen LogP contribution >= 0.6 is 11.8 Å². The van der Waals surface area contributed by atoms with Crippen LogP contribution in [0.2, 0.25) is 0 Å². The number of benzene rings is 2. The van der Waals surface area contributed by atoms with Crippen molar-refractivity contribution in [3.05, 3.63) is 84.2 Å². The van der Waals surface area contributed by atoms with Crippen molar-refractivity contribution in [2.75, 3.05) is 5.75 Å². The second-order valence-corrected chi connectivity index (χ2v) is 7.36. The van der Waals surface area contributed by atoms with Gasteiger partial charge in [-0.3, -0.25) is 4.79 Å². The van der Waals surface area contributed by atoms with E-state index in [1.807, 2.05) is 41.1 Å². The van der Waals surface area contributed by atoms with Crippen LogP contribution in [0.4, 0.5) is 4.39 Å². The molecule has 0 radical (unpaired) electrons. The number of hydrogen-bond donors (Lipinski definition) is 1. The van der Waals surface area contributed by atoms with E-state index in [2.05, 4.69) is 10.3 Å². The molecular formula is C21H18FN3OS. The molecule has 3 aromatic rings. The molecule has 1 N–H and O–H groups in total. The number of aromatic nitrogens is 2. The SMILES string of the molecule is O=C(C=Cc1ccc(-n2ccnc2)cc1)NC1CCSc2c(F)cccc21. The molecule has 136 valence electrons. The molecule has 27 heavy (non-hydrogen) atoms. The number of halogens is 1. The topological polar surface area (TPSA) is 46.9 Å². The fourth-order valence-electron chi connectivity index (χ4n) is 3.10. The van der Waals surface area contributed by atoms with Gasteiger partial charge in [-0.15, -0.1) is 11.8 Å². The number of carbonyl (C=O) groups is 1. The van der Waals surface area contributed by atoms with E-state index in [1.165, 1.54) is 23.9 Å². The predicted molar refractivity (Wildman–Crippen MR) is 105 cm³/mol. The molecule has 2 heterocycles. The van der Waals surface area contributed by atoms with Gasteiger partial charge in [0.1, 0.15) is 5.82 Å². The number of fused-ring (bicyclic) bond motifs is 1. The Morgan fingerprint density at radius 3 is 2.89 bits per heavy atom. The lowest BCUT2D eigenvalue weighted by atomic mass is 10.0. The Bertz CT molecular complexity index is 968. The van der Waals surface area contributed by atoms with Crippen molar-refractivity contribution in [3.63, 3.8) is 0 Å². The minimum atomic E-state index is -0.218. The molecule has 4 rings (SSSR count). The van der Waals surface area contributed by atoms with E-state index in [0.29, 0.717) is 4.90 Å². The maximum absolute atomic E-state index is 13.9. The summed E-state index contributed by atoms with van der Waals surface area (Å²) < 4.78 is 15.8. The van der Waals surface area contributed by atoms with Crippen molar-refractivity contribution in [2.24, 2.45) is 0 Å². The van der Waals surface area contributed by atoms with Crippen molar-refractivity contribution >= 4 is 23.7 Å². The maximum Gasteiger partial charge on any atom is 0.244 e. The third kappa shape index (κ3) is 3.95. The highest BCUT2D eigenvalue weighted by Gasteiger charge is 2.23. The molecule has 0 fully saturated rings. The van der Waals surface area contributed by atoms with Gasteiger partial charge in [0, 0.05) is 34.8 Å². The highest BCUT2D eigenvalue weighted by atomic mass is 32.2. The van der Waals surface area contributed by atoms with Gasteiger partial charge in [0.25, 0.3) is 0 Å². The minimum Gasteiger partial charge on any atom is -0.346 e. The molecule has 2 aromatic carbocycles. The Morgan fingerprint density at radius 1 is 1.26 bits per heavy atom. The Morgan fingerprint density at radius 2 is 2.11 bits per heavy atom. The summed E-state index contributed by atoms with van der Waals surface area (Å²) in [5.41, 5.74) is 2.80. The van der Waals surface area contributed by atoms with Crippen LogP contribution < -0.4 is 5.32 Å². The second-order valence-electron chi connectivity index (χ2n) is 6.25. The molecule has 0 saturated heterocycles. The molecule has 1 aliphatic rings. The monoisotopic (exact) mass is 379 g/mol. The largest absolute Gasteiger partial charge is 0.346 e. The van der Waals surface area contributed by atoms with E-state index in [9.17, 15) is 9.18 Å². The first-order valence-electron chi connectivity index (χ1n) is 8.69. The average Bonchev–Trinajstić information content (AvgIpc) is 3.22. The Hall–Kier alpha value is -2.86. The van der Waals surface area contributed by atoms with Crippen LogP contribution in [0.15, 0.2) is 72.2 Å². The number of nitrogens with zero attached hydrogens (tertiary/aromatic N) is 2. The lowest BCUT2D eigenvalue weighted by molar-refractivity contribution is -0.117. The highest BCUT2D eigenvalue weighted by molar-refractivity contribution is 7.99. The van der Waals surface area contributed by atoms with Crippen LogP contribution in [0.25, 0.3) is 11.8 Å². The first kappa shape index (κ1) is 17.5. The molecule has 1 atom stereocenters. The zero-order valence-electron chi connectivity index (χ0n) is 14.5. The molecule has 0 aliphatic carbocycles. The number of rotatable bonds is 4. The summed E-state index contributed by atoms with van der Waals surface area (Å²) in [5.74, 6) is 0.393. The number of hydrogen-bond acceptors (Lipinski definition) is 3. The van der Waals surface area contributed by atoms with Crippen molar-refractivity contribution < 1.29 is 9.18 Å². The fraction of sp³-hybridized carbons (Fsp3) is 0.143. The summed E-state index contributed by atoms with van der Waals surface area (Å²) in [5, 5.41) is 2.99. The van der Waals surface area contributed by atoms with Gasteiger partial charge < -0.3 is 9.88 Å². The average molecular weight is 379 g/mol. The van der Waals surface area contributed by atoms with Gasteiger partial charge in [-0.25, -0.2) is 9.37 Å². The summed E-state index contributed by atoms with van der Waals surface area (Å²) >= 11 is 1.51. The molecule has 4 nitrogen and oxygen atoms in total. The number of thioether (sulfide) groups is 1. The van der Waals surface area contributed by atoms with E-state index in [0.717, 1.165) is 29.0 Å². The van der Waals surface area contributed by atoms with E-state index in [4.69, 9.17) is 0 Å². The van der Waals surface area contributed by atoms with Gasteiger partial charge in [0.2, 0.25) is 5.91 Å². The highest BCUT2D eigenvalue weighted by Crippen LogP contribution is 2.37. The van der Waals surface area contributed by atoms with Crippen LogP contribution in [0, 0.1) is 5.82 Å². The van der Waals surface area contributed by atoms with Gasteiger partial charge >= 0.3 is 0 Å². The third-order valence-corrected chi connectivity index (χ3v) is 5.62. The Balaban J connectivity index is 1.42. The molecule has 1 aromatic heterocycles. The zero-order chi connectivity index (χ0) is 18.6. The summed E-state index contributed by atoms with van der Waals surface area (Å²) in [6, 6.07) is 12.7. The summed E-state index contributed by atoms with van der Waals surface area (Å²) in [6.45, 7) is 0. The molecule has 0 saturated carbocycles. The fourth-order valence-corrected chi connectivity index (χ4v) is 4.24. The molecular weight excluding hydrogens is 361 g/mol. The first-order chi connectivity index (χ1) is 13.2. The van der Waals surface area contributed by atoms with Crippen molar-refractivity contribution in [3.8, 4) is 5.69 Å². The molecule has 1 amide bonds. The summed E-state index contributed by atoms with van der Waals surface area (Å²) in [4.78, 5) is 17.0. The van der Waals surface area contributed by atoms with Gasteiger partial charge in [0.15, 0.2) is 0 Å². The lowest BCUT2D eigenvalue weighted by Crippen LogP contribution is -2.29. The van der Waals surface area contributed by atoms with E-state index >= 15 is 0 Å². The van der Waals surface area contributed by atoms with Crippen LogP contribution in [0.5, 0.6) is 0 Å². The van der Waals surface area contributed by atoms with Crippen LogP contribution in [0.1, 0.15) is 23.6 Å². The van der Waals surface area contributed by atoms with Gasteiger partial charge in [-0.1, -0.05) is 24.3 Å². The predicted octanol–water partition coefficient (Wildman–Crippen LogP) is 4.38. The van der Waals surface area contributed by atoms with Crippen molar-refractivity contribution in [1.29, 1.82) is 0 Å². The normalized spacial score (nSPS) is 16.3. The third-order valence-electron chi connectivity index (χ3n) is 4.47. The number of imidazole rings is 1. The van der Waals surface area contributed by atoms with E-state index in [1.54, 1.807) is 24.7 Å². The van der Waals surface area contributed by atoms with Crippen LogP contribution in [-0.4, -0.2) is 21.2 Å². The smallest absolute Gasteiger partial charge is 0.244 e. The van der Waals surface area contributed by atoms with Gasteiger partial charge in [-0.05, 0) is 41.8 Å². The number of nitrogens with one attached hydrogen (secondary N) is 1. The molecule has 0 spiro atoms. The quantitative estimate of drug-likeness (QED) is 0.685. The molecule has 1 unspecified atom stereocenters. The Kier molecular flexibility index (Phi) is 5.07. The van der Waals surface area contributed by atoms with Crippen molar-refractivity contribution in [1.82, 2.24) is 14.9 Å². The first-order valence-corrected chi connectivity index (χ1v) is 9.67.